The molecule has 0 spiro atoms. The smallest absolute Gasteiger partial charge is 0.251 e. The number of nitrogen functional groups attached to an aromatic ring is 1. The lowest BCUT2D eigenvalue weighted by atomic mass is 9.98. The fourth-order valence-electron chi connectivity index (χ4n) is 3.40. The standard InChI is InChI=1S/C23H27N5O/c1-13-8-15(3)28-22(24)20(13)12-27-23(29)19-9-18(10-21(25-5)16(19)4)17-7-6-14(2)26-11-17/h6-11,25H,12H2,1-5H3,(H2,24,28)(H,27,29). The maximum absolute atomic E-state index is 13.0. The number of aromatic nitrogens is 2. The lowest BCUT2D eigenvalue weighted by Crippen LogP contribution is -2.25. The Morgan fingerprint density at radius 1 is 1.03 bits per heavy atom. The Labute approximate surface area is 171 Å². The number of nitrogens with two attached hydrogens (primary N) is 1. The van der Waals surface area contributed by atoms with Crippen LogP contribution in [0.15, 0.2) is 36.5 Å². The number of carbonyl (C=O) groups excluding carboxylic acids is 1. The number of amides is 1. The minimum atomic E-state index is -0.153. The zero-order chi connectivity index (χ0) is 21.1. The van der Waals surface area contributed by atoms with E-state index in [1.807, 2.05) is 71.3 Å². The van der Waals surface area contributed by atoms with Crippen molar-refractivity contribution >= 4 is 17.4 Å². The number of aryl methyl sites for hydroxylation is 3. The van der Waals surface area contributed by atoms with Gasteiger partial charge in [0.1, 0.15) is 5.82 Å². The first-order chi connectivity index (χ1) is 13.8. The van der Waals surface area contributed by atoms with Gasteiger partial charge in [0.15, 0.2) is 0 Å². The molecule has 2 heterocycles. The van der Waals surface area contributed by atoms with Crippen molar-refractivity contribution in [3.05, 3.63) is 70.2 Å². The predicted molar refractivity (Wildman–Crippen MR) is 118 cm³/mol. The second-order valence-corrected chi connectivity index (χ2v) is 7.26. The normalized spacial score (nSPS) is 10.7. The third-order valence-electron chi connectivity index (χ3n) is 5.10. The summed E-state index contributed by atoms with van der Waals surface area (Å²) in [7, 11) is 1.85. The average Bonchev–Trinajstić information content (AvgIpc) is 2.67. The molecule has 0 saturated carbocycles. The molecule has 0 bridgehead atoms. The topological polar surface area (TPSA) is 92.9 Å². The lowest BCUT2D eigenvalue weighted by molar-refractivity contribution is 0.0950. The maximum atomic E-state index is 13.0. The highest BCUT2D eigenvalue weighted by Gasteiger charge is 2.16. The van der Waals surface area contributed by atoms with Crippen LogP contribution >= 0.6 is 0 Å². The van der Waals surface area contributed by atoms with Crippen molar-refractivity contribution in [2.75, 3.05) is 18.1 Å². The molecule has 6 nitrogen and oxygen atoms in total. The molecule has 1 amide bonds. The average molecular weight is 390 g/mol. The molecule has 0 atom stereocenters. The fourth-order valence-corrected chi connectivity index (χ4v) is 3.40. The van der Waals surface area contributed by atoms with Gasteiger partial charge in [0.25, 0.3) is 5.91 Å². The van der Waals surface area contributed by atoms with Crippen LogP contribution < -0.4 is 16.4 Å². The van der Waals surface area contributed by atoms with Crippen LogP contribution in [-0.2, 0) is 6.54 Å². The van der Waals surface area contributed by atoms with E-state index in [4.69, 9.17) is 5.73 Å². The molecular formula is C23H27N5O. The Hall–Kier alpha value is -3.41. The molecule has 4 N–H and O–H groups in total. The van der Waals surface area contributed by atoms with Gasteiger partial charge in [-0.1, -0.05) is 6.07 Å². The number of pyridine rings is 2. The number of anilines is 2. The van der Waals surface area contributed by atoms with Crippen molar-refractivity contribution in [1.82, 2.24) is 15.3 Å². The van der Waals surface area contributed by atoms with Crippen molar-refractivity contribution in [2.24, 2.45) is 0 Å². The van der Waals surface area contributed by atoms with Crippen LogP contribution in [0.3, 0.4) is 0 Å². The fraction of sp³-hybridized carbons (Fsp3) is 0.261. The molecule has 3 rings (SSSR count). The zero-order valence-electron chi connectivity index (χ0n) is 17.6. The van der Waals surface area contributed by atoms with Crippen molar-refractivity contribution in [3.8, 4) is 11.1 Å². The van der Waals surface area contributed by atoms with Gasteiger partial charge in [0.05, 0.1) is 0 Å². The molecule has 6 heteroatoms. The van der Waals surface area contributed by atoms with Crippen LogP contribution in [-0.4, -0.2) is 22.9 Å². The molecule has 0 saturated heterocycles. The number of hydrogen-bond donors (Lipinski definition) is 3. The molecule has 1 aromatic carbocycles. The Morgan fingerprint density at radius 2 is 1.79 bits per heavy atom. The molecule has 0 unspecified atom stereocenters. The van der Waals surface area contributed by atoms with Crippen LogP contribution in [0.5, 0.6) is 0 Å². The molecular weight excluding hydrogens is 362 g/mol. The van der Waals surface area contributed by atoms with Crippen LogP contribution in [0.2, 0.25) is 0 Å². The summed E-state index contributed by atoms with van der Waals surface area (Å²) in [5.41, 5.74) is 14.0. The zero-order valence-corrected chi connectivity index (χ0v) is 17.6. The third-order valence-corrected chi connectivity index (χ3v) is 5.10. The lowest BCUT2D eigenvalue weighted by Gasteiger charge is -2.16. The summed E-state index contributed by atoms with van der Waals surface area (Å²) in [5, 5.41) is 6.17. The highest BCUT2D eigenvalue weighted by atomic mass is 16.1. The monoisotopic (exact) mass is 389 g/mol. The third kappa shape index (κ3) is 4.37. The highest BCUT2D eigenvalue weighted by Crippen LogP contribution is 2.28. The summed E-state index contributed by atoms with van der Waals surface area (Å²) >= 11 is 0. The Kier molecular flexibility index (Phi) is 5.82. The molecule has 29 heavy (non-hydrogen) atoms. The molecule has 2 aromatic heterocycles. The van der Waals surface area contributed by atoms with Gasteiger partial charge < -0.3 is 16.4 Å². The largest absolute Gasteiger partial charge is 0.388 e. The van der Waals surface area contributed by atoms with Gasteiger partial charge in [-0.3, -0.25) is 9.78 Å². The van der Waals surface area contributed by atoms with Gasteiger partial charge in [0, 0.05) is 53.6 Å². The van der Waals surface area contributed by atoms with E-state index in [-0.39, 0.29) is 5.91 Å². The molecule has 0 aliphatic carbocycles. The van der Waals surface area contributed by atoms with E-state index < -0.39 is 0 Å². The van der Waals surface area contributed by atoms with Gasteiger partial charge in [-0.25, -0.2) is 4.98 Å². The second-order valence-electron chi connectivity index (χ2n) is 7.26. The summed E-state index contributed by atoms with van der Waals surface area (Å²) in [6.07, 6.45) is 1.82. The SMILES string of the molecule is CNc1cc(-c2ccc(C)nc2)cc(C(=O)NCc2c(C)cc(C)nc2N)c1C. The minimum absolute atomic E-state index is 0.153. The molecule has 0 fully saturated rings. The van der Waals surface area contributed by atoms with Crippen molar-refractivity contribution in [1.29, 1.82) is 0 Å². The Morgan fingerprint density at radius 3 is 2.41 bits per heavy atom. The Bertz CT molecular complexity index is 1030. The van der Waals surface area contributed by atoms with Gasteiger partial charge >= 0.3 is 0 Å². The first kappa shape index (κ1) is 20.3. The summed E-state index contributed by atoms with van der Waals surface area (Å²) < 4.78 is 0. The molecule has 0 aliphatic rings. The van der Waals surface area contributed by atoms with Crippen LogP contribution in [0.1, 0.15) is 38.4 Å². The van der Waals surface area contributed by atoms with E-state index in [0.29, 0.717) is 17.9 Å². The van der Waals surface area contributed by atoms with E-state index in [1.54, 1.807) is 0 Å². The highest BCUT2D eigenvalue weighted by molar-refractivity contribution is 5.98. The molecule has 3 aromatic rings. The first-order valence-electron chi connectivity index (χ1n) is 9.56. The summed E-state index contributed by atoms with van der Waals surface area (Å²) in [5.74, 6) is 0.301. The summed E-state index contributed by atoms with van der Waals surface area (Å²) in [4.78, 5) is 21.7. The molecule has 150 valence electrons. The van der Waals surface area contributed by atoms with E-state index in [1.165, 1.54) is 0 Å². The minimum Gasteiger partial charge on any atom is -0.388 e. The molecule has 0 aliphatic heterocycles. The Balaban J connectivity index is 1.92. The van der Waals surface area contributed by atoms with E-state index in [9.17, 15) is 4.79 Å². The second kappa shape index (κ2) is 8.31. The van der Waals surface area contributed by atoms with Crippen molar-refractivity contribution < 1.29 is 4.79 Å². The van der Waals surface area contributed by atoms with Gasteiger partial charge in [-0.15, -0.1) is 0 Å². The van der Waals surface area contributed by atoms with Crippen molar-refractivity contribution in [2.45, 2.75) is 34.2 Å². The number of nitrogens with zero attached hydrogens (tertiary/aromatic N) is 2. The van der Waals surface area contributed by atoms with E-state index in [2.05, 4.69) is 20.6 Å². The number of benzene rings is 1. The number of carbonyl (C=O) groups is 1. The first-order valence-corrected chi connectivity index (χ1v) is 9.56. The van der Waals surface area contributed by atoms with Gasteiger partial charge in [-0.05, 0) is 68.7 Å². The predicted octanol–water partition coefficient (Wildman–Crippen LogP) is 3.93. The van der Waals surface area contributed by atoms with Crippen molar-refractivity contribution in [3.63, 3.8) is 0 Å². The summed E-state index contributed by atoms with van der Waals surface area (Å²) in [6, 6.07) is 9.87. The number of rotatable bonds is 5. The number of nitrogens with one attached hydrogen (secondary N) is 2. The quantitative estimate of drug-likeness (QED) is 0.615. The van der Waals surface area contributed by atoms with E-state index in [0.717, 1.165) is 44.9 Å². The van der Waals surface area contributed by atoms with Crippen LogP contribution in [0.25, 0.3) is 11.1 Å². The number of hydrogen-bond acceptors (Lipinski definition) is 5. The van der Waals surface area contributed by atoms with Gasteiger partial charge in [-0.2, -0.15) is 0 Å². The van der Waals surface area contributed by atoms with E-state index >= 15 is 0 Å². The van der Waals surface area contributed by atoms with Gasteiger partial charge in [0.2, 0.25) is 0 Å². The summed E-state index contributed by atoms with van der Waals surface area (Å²) in [6.45, 7) is 8.09. The maximum Gasteiger partial charge on any atom is 0.251 e. The molecule has 0 radical (unpaired) electrons. The van der Waals surface area contributed by atoms with Crippen LogP contribution in [0, 0.1) is 27.7 Å². The van der Waals surface area contributed by atoms with Crippen LogP contribution in [0.4, 0.5) is 11.5 Å².